The Bertz CT molecular complexity index is 386. The van der Waals surface area contributed by atoms with E-state index in [1.165, 1.54) is 41.9 Å². The molecule has 1 heterocycles. The Morgan fingerprint density at radius 1 is 1.13 bits per heavy atom. The van der Waals surface area contributed by atoms with Gasteiger partial charge in [0.15, 0.2) is 0 Å². The van der Waals surface area contributed by atoms with Crippen molar-refractivity contribution in [3.63, 3.8) is 0 Å². The van der Waals surface area contributed by atoms with E-state index in [0.29, 0.717) is 0 Å². The minimum atomic E-state index is 0.279. The Balaban J connectivity index is 2.09. The van der Waals surface area contributed by atoms with Crippen LogP contribution in [0.3, 0.4) is 0 Å². The summed E-state index contributed by atoms with van der Waals surface area (Å²) < 4.78 is 0. The fourth-order valence-electron chi connectivity index (χ4n) is 2.68. The van der Waals surface area contributed by atoms with E-state index in [4.69, 9.17) is 5.73 Å². The average molecular weight is 219 g/mol. The average Bonchev–Trinajstić information content (AvgIpc) is 2.62. The highest BCUT2D eigenvalue weighted by Crippen LogP contribution is 2.37. The molecule has 0 amide bonds. The summed E-state index contributed by atoms with van der Waals surface area (Å²) in [5, 5.41) is 0. The van der Waals surface area contributed by atoms with Gasteiger partial charge in [-0.15, -0.1) is 11.8 Å². The molecule has 0 saturated carbocycles. The van der Waals surface area contributed by atoms with Crippen LogP contribution in [0.4, 0.5) is 0 Å². The zero-order valence-electron chi connectivity index (χ0n) is 8.96. The van der Waals surface area contributed by atoms with Gasteiger partial charge in [-0.2, -0.15) is 0 Å². The van der Waals surface area contributed by atoms with E-state index in [2.05, 4.69) is 12.1 Å². The van der Waals surface area contributed by atoms with Crippen LogP contribution >= 0.6 is 11.8 Å². The second kappa shape index (κ2) is 3.84. The number of nitrogens with two attached hydrogens (primary N) is 1. The fraction of sp³-hybridized carbons (Fsp3) is 0.538. The van der Waals surface area contributed by atoms with E-state index < -0.39 is 0 Å². The largest absolute Gasteiger partial charge is 0.324 e. The maximum atomic E-state index is 6.23. The summed E-state index contributed by atoms with van der Waals surface area (Å²) in [5.74, 6) is 1.24. The first-order chi connectivity index (χ1) is 7.34. The highest BCUT2D eigenvalue weighted by molar-refractivity contribution is 7.99. The number of aryl methyl sites for hydroxylation is 2. The highest BCUT2D eigenvalue weighted by atomic mass is 32.2. The lowest BCUT2D eigenvalue weighted by molar-refractivity contribution is 0.639. The van der Waals surface area contributed by atoms with Crippen LogP contribution < -0.4 is 5.73 Å². The van der Waals surface area contributed by atoms with Crippen molar-refractivity contribution in [2.75, 3.05) is 5.75 Å². The van der Waals surface area contributed by atoms with Crippen molar-refractivity contribution in [2.24, 2.45) is 5.73 Å². The summed E-state index contributed by atoms with van der Waals surface area (Å²) in [4.78, 5) is 1.46. The lowest BCUT2D eigenvalue weighted by Gasteiger charge is -2.14. The van der Waals surface area contributed by atoms with Gasteiger partial charge in [0.2, 0.25) is 0 Å². The van der Waals surface area contributed by atoms with Gasteiger partial charge in [0, 0.05) is 10.9 Å². The zero-order chi connectivity index (χ0) is 10.3. The summed E-state index contributed by atoms with van der Waals surface area (Å²) in [7, 11) is 0. The third kappa shape index (κ3) is 1.70. The van der Waals surface area contributed by atoms with Crippen molar-refractivity contribution in [3.8, 4) is 0 Å². The number of fused-ring (bicyclic) bond motifs is 2. The van der Waals surface area contributed by atoms with Gasteiger partial charge in [-0.25, -0.2) is 0 Å². The van der Waals surface area contributed by atoms with Crippen LogP contribution in [0.1, 0.15) is 42.0 Å². The van der Waals surface area contributed by atoms with Crippen molar-refractivity contribution in [1.29, 1.82) is 0 Å². The molecular weight excluding hydrogens is 202 g/mol. The molecule has 1 aromatic carbocycles. The van der Waals surface area contributed by atoms with E-state index >= 15 is 0 Å². The molecule has 1 aliphatic heterocycles. The number of rotatable bonds is 0. The van der Waals surface area contributed by atoms with E-state index in [1.807, 2.05) is 11.8 Å². The van der Waals surface area contributed by atoms with Gasteiger partial charge in [-0.3, -0.25) is 0 Å². The summed E-state index contributed by atoms with van der Waals surface area (Å²) in [6.45, 7) is 0. The molecule has 80 valence electrons. The first kappa shape index (κ1) is 9.73. The summed E-state index contributed by atoms with van der Waals surface area (Å²) >= 11 is 2.00. The first-order valence-corrected chi connectivity index (χ1v) is 6.87. The monoisotopic (exact) mass is 219 g/mol. The third-order valence-corrected chi connectivity index (χ3v) is 4.70. The van der Waals surface area contributed by atoms with Crippen LogP contribution in [-0.2, 0) is 12.8 Å². The smallest absolute Gasteiger partial charge is 0.0306 e. The van der Waals surface area contributed by atoms with Gasteiger partial charge < -0.3 is 5.73 Å². The second-order valence-electron chi connectivity index (χ2n) is 4.61. The molecule has 0 aromatic heterocycles. The Labute approximate surface area is 95.4 Å². The standard InChI is InChI=1S/C13H17NS/c14-12-5-2-6-15-13-8-10-4-1-3-9(10)7-11(12)13/h7-8,12H,1-6,14H2. The van der Waals surface area contributed by atoms with Crippen LogP contribution in [-0.4, -0.2) is 5.75 Å². The van der Waals surface area contributed by atoms with Crippen molar-refractivity contribution < 1.29 is 0 Å². The van der Waals surface area contributed by atoms with E-state index in [1.54, 1.807) is 11.1 Å². The summed E-state index contributed by atoms with van der Waals surface area (Å²) in [6, 6.07) is 5.08. The highest BCUT2D eigenvalue weighted by Gasteiger charge is 2.20. The molecule has 0 radical (unpaired) electrons. The molecule has 1 atom stereocenters. The molecule has 1 aromatic rings. The van der Waals surface area contributed by atoms with Crippen LogP contribution in [0.5, 0.6) is 0 Å². The molecule has 0 bridgehead atoms. The molecule has 2 N–H and O–H groups in total. The molecule has 3 rings (SSSR count). The van der Waals surface area contributed by atoms with Gasteiger partial charge in [-0.05, 0) is 60.6 Å². The molecule has 0 spiro atoms. The normalized spacial score (nSPS) is 24.5. The third-order valence-electron chi connectivity index (χ3n) is 3.54. The molecular formula is C13H17NS. The molecule has 15 heavy (non-hydrogen) atoms. The quantitative estimate of drug-likeness (QED) is 0.725. The Morgan fingerprint density at radius 3 is 2.80 bits per heavy atom. The topological polar surface area (TPSA) is 26.0 Å². The molecule has 2 aliphatic rings. The van der Waals surface area contributed by atoms with E-state index in [9.17, 15) is 0 Å². The zero-order valence-corrected chi connectivity index (χ0v) is 9.78. The van der Waals surface area contributed by atoms with Crippen LogP contribution in [0.15, 0.2) is 17.0 Å². The van der Waals surface area contributed by atoms with Gasteiger partial charge in [0.25, 0.3) is 0 Å². The maximum Gasteiger partial charge on any atom is 0.0306 e. The number of thioether (sulfide) groups is 1. The maximum absolute atomic E-state index is 6.23. The van der Waals surface area contributed by atoms with Crippen LogP contribution in [0.25, 0.3) is 0 Å². The Kier molecular flexibility index (Phi) is 2.49. The minimum Gasteiger partial charge on any atom is -0.324 e. The van der Waals surface area contributed by atoms with Crippen LogP contribution in [0, 0.1) is 0 Å². The molecule has 0 saturated heterocycles. The number of hydrogen-bond donors (Lipinski definition) is 1. The van der Waals surface area contributed by atoms with Gasteiger partial charge >= 0.3 is 0 Å². The lowest BCUT2D eigenvalue weighted by Crippen LogP contribution is -2.10. The molecule has 1 unspecified atom stereocenters. The Morgan fingerprint density at radius 2 is 1.93 bits per heavy atom. The van der Waals surface area contributed by atoms with Gasteiger partial charge in [-0.1, -0.05) is 6.07 Å². The SMILES string of the molecule is NC1CCCSc2cc3c(cc21)CCC3. The molecule has 1 nitrogen and oxygen atoms in total. The summed E-state index contributed by atoms with van der Waals surface area (Å²) in [6.07, 6.45) is 6.28. The van der Waals surface area contributed by atoms with Crippen LogP contribution in [0.2, 0.25) is 0 Å². The van der Waals surface area contributed by atoms with Crippen molar-refractivity contribution in [1.82, 2.24) is 0 Å². The van der Waals surface area contributed by atoms with E-state index in [-0.39, 0.29) is 6.04 Å². The molecule has 0 fully saturated rings. The van der Waals surface area contributed by atoms with Gasteiger partial charge in [0.05, 0.1) is 0 Å². The first-order valence-electron chi connectivity index (χ1n) is 5.88. The van der Waals surface area contributed by atoms with E-state index in [0.717, 1.165) is 6.42 Å². The fourth-order valence-corrected chi connectivity index (χ4v) is 3.81. The van der Waals surface area contributed by atoms with Crippen molar-refractivity contribution >= 4 is 11.8 Å². The molecule has 1 aliphatic carbocycles. The predicted molar refractivity (Wildman–Crippen MR) is 65.4 cm³/mol. The minimum absolute atomic E-state index is 0.279. The van der Waals surface area contributed by atoms with Crippen molar-refractivity contribution in [3.05, 3.63) is 28.8 Å². The lowest BCUT2D eigenvalue weighted by atomic mass is 9.99. The second-order valence-corrected chi connectivity index (χ2v) is 5.75. The number of benzene rings is 1. The molecule has 2 heteroatoms. The van der Waals surface area contributed by atoms with Gasteiger partial charge in [0.1, 0.15) is 0 Å². The Hall–Kier alpha value is -0.470. The predicted octanol–water partition coefficient (Wildman–Crippen LogP) is 3.06. The number of hydrogen-bond acceptors (Lipinski definition) is 2. The summed E-state index contributed by atoms with van der Waals surface area (Å²) in [5.41, 5.74) is 10.8. The van der Waals surface area contributed by atoms with Crippen molar-refractivity contribution in [2.45, 2.75) is 43.0 Å².